The molecule has 4 nitrogen and oxygen atoms in total. The molecule has 1 aliphatic heterocycles. The summed E-state index contributed by atoms with van der Waals surface area (Å²) in [6.07, 6.45) is 0.434. The number of benzene rings is 2. The van der Waals surface area contributed by atoms with Crippen molar-refractivity contribution in [2.45, 2.75) is 19.3 Å². The van der Waals surface area contributed by atoms with E-state index in [9.17, 15) is 4.79 Å². The minimum Gasteiger partial charge on any atom is -0.310 e. The average molecular weight is 385 g/mol. The first-order valence-electron chi connectivity index (χ1n) is 9.28. The van der Waals surface area contributed by atoms with Gasteiger partial charge in [-0.15, -0.1) is 0 Å². The Kier molecular flexibility index (Phi) is 4.10. The van der Waals surface area contributed by atoms with Crippen LogP contribution in [-0.2, 0) is 4.79 Å². The molecule has 1 amide bonds. The number of hydrogen-bond donors (Lipinski definition) is 1. The summed E-state index contributed by atoms with van der Waals surface area (Å²) < 4.78 is 1.87. The zero-order valence-electron chi connectivity index (χ0n) is 15.4. The van der Waals surface area contributed by atoms with Gasteiger partial charge in [0.25, 0.3) is 0 Å². The number of thiophene rings is 1. The Hall–Kier alpha value is -3.18. The minimum absolute atomic E-state index is 0.00408. The van der Waals surface area contributed by atoms with Gasteiger partial charge in [0.2, 0.25) is 5.91 Å². The molecule has 0 bridgehead atoms. The van der Waals surface area contributed by atoms with E-state index in [1.807, 2.05) is 35.0 Å². The van der Waals surface area contributed by atoms with Crippen LogP contribution in [0.4, 0.5) is 5.82 Å². The van der Waals surface area contributed by atoms with Gasteiger partial charge in [0.15, 0.2) is 0 Å². The summed E-state index contributed by atoms with van der Waals surface area (Å²) in [5.41, 5.74) is 6.36. The van der Waals surface area contributed by atoms with Gasteiger partial charge in [0.05, 0.1) is 11.4 Å². The smallest absolute Gasteiger partial charge is 0.226 e. The number of nitrogens with one attached hydrogen (secondary N) is 1. The van der Waals surface area contributed by atoms with Gasteiger partial charge in [-0.25, -0.2) is 4.68 Å². The van der Waals surface area contributed by atoms with Crippen LogP contribution in [0.3, 0.4) is 0 Å². The van der Waals surface area contributed by atoms with E-state index in [1.54, 1.807) is 11.3 Å². The Bertz CT molecular complexity index is 1130. The summed E-state index contributed by atoms with van der Waals surface area (Å²) >= 11 is 1.66. The Morgan fingerprint density at radius 2 is 1.86 bits per heavy atom. The lowest BCUT2D eigenvalue weighted by molar-refractivity contribution is -0.116. The monoisotopic (exact) mass is 385 g/mol. The maximum absolute atomic E-state index is 12.6. The lowest BCUT2D eigenvalue weighted by atomic mass is 9.86. The van der Waals surface area contributed by atoms with E-state index in [2.05, 4.69) is 53.3 Å². The van der Waals surface area contributed by atoms with Crippen LogP contribution in [0.1, 0.15) is 29.0 Å². The minimum atomic E-state index is 0.00408. The Morgan fingerprint density at radius 3 is 2.57 bits per heavy atom. The fourth-order valence-electron chi connectivity index (χ4n) is 3.79. The van der Waals surface area contributed by atoms with E-state index in [4.69, 9.17) is 5.10 Å². The zero-order chi connectivity index (χ0) is 19.1. The maximum Gasteiger partial charge on any atom is 0.226 e. The lowest BCUT2D eigenvalue weighted by Gasteiger charge is -2.24. The van der Waals surface area contributed by atoms with Crippen LogP contribution in [0.15, 0.2) is 71.4 Å². The van der Waals surface area contributed by atoms with Crippen molar-refractivity contribution >= 4 is 23.1 Å². The van der Waals surface area contributed by atoms with Crippen LogP contribution >= 0.6 is 11.3 Å². The predicted octanol–water partition coefficient (Wildman–Crippen LogP) is 5.38. The number of hydrogen-bond acceptors (Lipinski definition) is 3. The number of carbonyl (C=O) groups is 1. The van der Waals surface area contributed by atoms with Crippen molar-refractivity contribution in [1.29, 1.82) is 0 Å². The van der Waals surface area contributed by atoms with Gasteiger partial charge in [0, 0.05) is 23.5 Å². The standard InChI is InChI=1S/C23H19N3OS/c1-15-7-9-18(10-8-15)26-23-21(22(25-26)16-5-3-2-4-6-16)19(13-20(27)24-23)17-11-12-28-14-17/h2-12,14,19H,13H2,1H3,(H,24,27)/t19-/m1/s1. The molecule has 1 N–H and O–H groups in total. The van der Waals surface area contributed by atoms with E-state index < -0.39 is 0 Å². The van der Waals surface area contributed by atoms with Gasteiger partial charge in [-0.05, 0) is 41.4 Å². The number of fused-ring (bicyclic) bond motifs is 1. The van der Waals surface area contributed by atoms with E-state index in [-0.39, 0.29) is 11.8 Å². The van der Waals surface area contributed by atoms with Crippen LogP contribution in [0.25, 0.3) is 16.9 Å². The largest absolute Gasteiger partial charge is 0.310 e. The van der Waals surface area contributed by atoms with Crippen molar-refractivity contribution in [3.8, 4) is 16.9 Å². The highest BCUT2D eigenvalue weighted by atomic mass is 32.1. The van der Waals surface area contributed by atoms with Crippen molar-refractivity contribution < 1.29 is 4.79 Å². The summed E-state index contributed by atoms with van der Waals surface area (Å²) in [6.45, 7) is 2.06. The van der Waals surface area contributed by atoms with Crippen molar-refractivity contribution in [1.82, 2.24) is 9.78 Å². The molecule has 0 aliphatic carbocycles. The quantitative estimate of drug-likeness (QED) is 0.514. The molecule has 0 fully saturated rings. The van der Waals surface area contributed by atoms with Gasteiger partial charge < -0.3 is 5.32 Å². The summed E-state index contributed by atoms with van der Waals surface area (Å²) in [5, 5.41) is 12.2. The molecule has 1 atom stereocenters. The molecular weight excluding hydrogens is 366 g/mol. The first-order chi connectivity index (χ1) is 13.7. The van der Waals surface area contributed by atoms with Gasteiger partial charge in [-0.3, -0.25) is 4.79 Å². The average Bonchev–Trinajstić information content (AvgIpc) is 3.37. The molecule has 3 heterocycles. The maximum atomic E-state index is 12.6. The van der Waals surface area contributed by atoms with Gasteiger partial charge in [0.1, 0.15) is 5.82 Å². The van der Waals surface area contributed by atoms with Crippen LogP contribution < -0.4 is 5.32 Å². The number of nitrogens with zero attached hydrogens (tertiary/aromatic N) is 2. The highest BCUT2D eigenvalue weighted by Gasteiger charge is 2.34. The van der Waals surface area contributed by atoms with Crippen LogP contribution in [-0.4, -0.2) is 15.7 Å². The molecule has 28 heavy (non-hydrogen) atoms. The van der Waals surface area contributed by atoms with Crippen LogP contribution in [0.5, 0.6) is 0 Å². The first-order valence-corrected chi connectivity index (χ1v) is 10.2. The number of aromatic nitrogens is 2. The van der Waals surface area contributed by atoms with Crippen molar-refractivity contribution in [3.05, 3.63) is 88.1 Å². The number of carbonyl (C=O) groups excluding carboxylic acids is 1. The third-order valence-corrected chi connectivity index (χ3v) is 5.89. The lowest BCUT2D eigenvalue weighted by Crippen LogP contribution is -2.24. The van der Waals surface area contributed by atoms with E-state index in [1.165, 1.54) is 11.1 Å². The molecule has 0 spiro atoms. The van der Waals surface area contributed by atoms with E-state index in [0.717, 1.165) is 28.3 Å². The van der Waals surface area contributed by atoms with E-state index in [0.29, 0.717) is 6.42 Å². The normalized spacial score (nSPS) is 15.9. The number of rotatable bonds is 3. The van der Waals surface area contributed by atoms with Crippen LogP contribution in [0, 0.1) is 6.92 Å². The molecule has 138 valence electrons. The Balaban J connectivity index is 1.77. The summed E-state index contributed by atoms with van der Waals surface area (Å²) in [7, 11) is 0. The highest BCUT2D eigenvalue weighted by Crippen LogP contribution is 2.44. The fourth-order valence-corrected chi connectivity index (χ4v) is 4.51. The van der Waals surface area contributed by atoms with Crippen LogP contribution in [0.2, 0.25) is 0 Å². The Labute approximate surface area is 167 Å². The van der Waals surface area contributed by atoms with Gasteiger partial charge >= 0.3 is 0 Å². The molecule has 1 aliphatic rings. The van der Waals surface area contributed by atoms with Crippen molar-refractivity contribution in [3.63, 3.8) is 0 Å². The topological polar surface area (TPSA) is 46.9 Å². The van der Waals surface area contributed by atoms with Gasteiger partial charge in [-0.2, -0.15) is 16.4 Å². The highest BCUT2D eigenvalue weighted by molar-refractivity contribution is 7.08. The predicted molar refractivity (Wildman–Crippen MR) is 113 cm³/mol. The summed E-state index contributed by atoms with van der Waals surface area (Å²) in [6, 6.07) is 20.5. The molecule has 2 aromatic carbocycles. The summed E-state index contributed by atoms with van der Waals surface area (Å²) in [4.78, 5) is 12.6. The molecule has 0 unspecified atom stereocenters. The zero-order valence-corrected chi connectivity index (χ0v) is 16.2. The first kappa shape index (κ1) is 17.0. The van der Waals surface area contributed by atoms with Crippen molar-refractivity contribution in [2.75, 3.05) is 5.32 Å². The molecule has 0 saturated carbocycles. The second-order valence-electron chi connectivity index (χ2n) is 7.09. The molecule has 4 aromatic rings. The van der Waals surface area contributed by atoms with E-state index >= 15 is 0 Å². The SMILES string of the molecule is Cc1ccc(-n2nc(-c3ccccc3)c3c2NC(=O)C[C@@H]3c2ccsc2)cc1. The van der Waals surface area contributed by atoms with Gasteiger partial charge in [-0.1, -0.05) is 48.0 Å². The third kappa shape index (κ3) is 2.84. The molecule has 5 rings (SSSR count). The summed E-state index contributed by atoms with van der Waals surface area (Å²) in [5.74, 6) is 0.802. The molecular formula is C23H19N3OS. The number of aryl methyl sites for hydroxylation is 1. The molecule has 5 heteroatoms. The molecule has 2 aromatic heterocycles. The number of anilines is 1. The second-order valence-corrected chi connectivity index (χ2v) is 7.87. The fraction of sp³-hybridized carbons (Fsp3) is 0.130. The third-order valence-electron chi connectivity index (χ3n) is 5.19. The second kappa shape index (κ2) is 6.77. The molecule has 0 radical (unpaired) electrons. The molecule has 0 saturated heterocycles. The number of amides is 1. The Morgan fingerprint density at radius 1 is 1.07 bits per heavy atom. The van der Waals surface area contributed by atoms with Crippen molar-refractivity contribution in [2.24, 2.45) is 0 Å².